The highest BCUT2D eigenvalue weighted by atomic mass is 32.2. The topological polar surface area (TPSA) is 72.9 Å². The molecular weight excluding hydrogens is 200 g/mol. The lowest BCUT2D eigenvalue weighted by Gasteiger charge is -2.00. The lowest BCUT2D eigenvalue weighted by atomic mass is 10.5. The van der Waals surface area contributed by atoms with Gasteiger partial charge in [0.2, 0.25) is 5.91 Å². The number of thioether (sulfide) groups is 1. The molecule has 0 aromatic carbocycles. The van der Waals surface area contributed by atoms with Gasteiger partial charge in [0, 0.05) is 19.2 Å². The van der Waals surface area contributed by atoms with Crippen molar-refractivity contribution in [3.8, 4) is 0 Å². The molecule has 0 spiro atoms. The number of nitrogens with two attached hydrogens (primary N) is 1. The molecule has 14 heavy (non-hydrogen) atoms. The van der Waals surface area contributed by atoms with Gasteiger partial charge in [-0.25, -0.2) is 5.84 Å². The lowest BCUT2D eigenvalue weighted by Crippen LogP contribution is -2.30. The summed E-state index contributed by atoms with van der Waals surface area (Å²) in [7, 11) is 1.89. The van der Waals surface area contributed by atoms with E-state index in [-0.39, 0.29) is 5.91 Å². The highest BCUT2D eigenvalue weighted by Gasteiger charge is 2.04. The summed E-state index contributed by atoms with van der Waals surface area (Å²) in [6.07, 6.45) is 0.422. The van der Waals surface area contributed by atoms with Gasteiger partial charge in [0.05, 0.1) is 10.7 Å². The van der Waals surface area contributed by atoms with E-state index in [4.69, 9.17) is 5.84 Å². The molecule has 0 bridgehead atoms. The zero-order chi connectivity index (χ0) is 10.6. The number of nitrogens with zero attached hydrogens (tertiary/aromatic N) is 2. The molecule has 0 aliphatic heterocycles. The first kappa shape index (κ1) is 11.1. The van der Waals surface area contributed by atoms with E-state index in [9.17, 15) is 4.79 Å². The van der Waals surface area contributed by atoms with Gasteiger partial charge in [-0.2, -0.15) is 5.10 Å². The Morgan fingerprint density at radius 2 is 2.50 bits per heavy atom. The summed E-state index contributed by atoms with van der Waals surface area (Å²) >= 11 is 1.60. The highest BCUT2D eigenvalue weighted by molar-refractivity contribution is 7.99. The molecule has 0 aliphatic carbocycles. The molecule has 3 N–H and O–H groups in total. The van der Waals surface area contributed by atoms with Crippen LogP contribution in [0.4, 0.5) is 0 Å². The van der Waals surface area contributed by atoms with Crippen molar-refractivity contribution in [1.82, 2.24) is 15.2 Å². The SMILES string of the molecule is Cc1cc(SCCC(=O)NN)n(C)n1. The Bertz CT molecular complexity index is 323. The third-order valence-electron chi connectivity index (χ3n) is 1.70. The fourth-order valence-corrected chi connectivity index (χ4v) is 2.02. The van der Waals surface area contributed by atoms with Crippen molar-refractivity contribution in [2.24, 2.45) is 12.9 Å². The van der Waals surface area contributed by atoms with Crippen LogP contribution in [0.5, 0.6) is 0 Å². The third kappa shape index (κ3) is 3.04. The maximum atomic E-state index is 10.8. The number of aromatic nitrogens is 2. The Labute approximate surface area is 87.0 Å². The second kappa shape index (κ2) is 5.02. The number of hydrazine groups is 1. The lowest BCUT2D eigenvalue weighted by molar-refractivity contribution is -0.120. The summed E-state index contributed by atoms with van der Waals surface area (Å²) in [6.45, 7) is 1.94. The normalized spacial score (nSPS) is 10.2. The number of hydrogen-bond donors (Lipinski definition) is 2. The average molecular weight is 214 g/mol. The minimum Gasteiger partial charge on any atom is -0.294 e. The van der Waals surface area contributed by atoms with Gasteiger partial charge in [-0.1, -0.05) is 0 Å². The van der Waals surface area contributed by atoms with Crippen molar-refractivity contribution < 1.29 is 4.79 Å². The molecule has 1 heterocycles. The van der Waals surface area contributed by atoms with Crippen molar-refractivity contribution in [3.05, 3.63) is 11.8 Å². The Hall–Kier alpha value is -1.01. The molecule has 0 radical (unpaired) electrons. The maximum absolute atomic E-state index is 10.8. The van der Waals surface area contributed by atoms with E-state index >= 15 is 0 Å². The summed E-state index contributed by atoms with van der Waals surface area (Å²) in [5.74, 6) is 5.53. The summed E-state index contributed by atoms with van der Waals surface area (Å²) in [4.78, 5) is 10.8. The van der Waals surface area contributed by atoms with Gasteiger partial charge in [-0.15, -0.1) is 11.8 Å². The Kier molecular flexibility index (Phi) is 3.97. The van der Waals surface area contributed by atoms with Crippen LogP contribution in [0.15, 0.2) is 11.1 Å². The molecule has 0 atom stereocenters. The molecule has 0 saturated carbocycles. The van der Waals surface area contributed by atoms with Crippen LogP contribution in [0.3, 0.4) is 0 Å². The summed E-state index contributed by atoms with van der Waals surface area (Å²) in [5.41, 5.74) is 3.08. The van der Waals surface area contributed by atoms with E-state index in [1.54, 1.807) is 16.4 Å². The monoisotopic (exact) mass is 214 g/mol. The zero-order valence-corrected chi connectivity index (χ0v) is 9.10. The van der Waals surface area contributed by atoms with E-state index in [0.717, 1.165) is 10.7 Å². The molecule has 1 aromatic rings. The molecule has 5 nitrogen and oxygen atoms in total. The summed E-state index contributed by atoms with van der Waals surface area (Å²) < 4.78 is 1.81. The third-order valence-corrected chi connectivity index (χ3v) is 2.79. The van der Waals surface area contributed by atoms with Gasteiger partial charge in [0.1, 0.15) is 0 Å². The van der Waals surface area contributed by atoms with Gasteiger partial charge in [-0.05, 0) is 13.0 Å². The number of hydrogen-bond acceptors (Lipinski definition) is 4. The van der Waals surface area contributed by atoms with Crippen molar-refractivity contribution >= 4 is 17.7 Å². The van der Waals surface area contributed by atoms with Crippen LogP contribution in [0.2, 0.25) is 0 Å². The van der Waals surface area contributed by atoms with Gasteiger partial charge >= 0.3 is 0 Å². The molecule has 0 aliphatic rings. The molecule has 0 unspecified atom stereocenters. The highest BCUT2D eigenvalue weighted by Crippen LogP contribution is 2.18. The van der Waals surface area contributed by atoms with Gasteiger partial charge in [0.25, 0.3) is 0 Å². The predicted octanol–water partition coefficient (Wildman–Crippen LogP) is 0.201. The number of aryl methyl sites for hydroxylation is 2. The van der Waals surface area contributed by atoms with Crippen LogP contribution in [-0.2, 0) is 11.8 Å². The number of amides is 1. The fourth-order valence-electron chi connectivity index (χ4n) is 1.04. The Morgan fingerprint density at radius 1 is 1.79 bits per heavy atom. The van der Waals surface area contributed by atoms with Crippen molar-refractivity contribution in [2.75, 3.05) is 5.75 Å². The van der Waals surface area contributed by atoms with Gasteiger partial charge in [-0.3, -0.25) is 14.9 Å². The second-order valence-electron chi connectivity index (χ2n) is 2.91. The molecule has 1 aromatic heterocycles. The molecule has 0 saturated heterocycles. The Balaban J connectivity index is 2.38. The van der Waals surface area contributed by atoms with E-state index in [1.807, 2.05) is 20.0 Å². The molecule has 1 amide bonds. The van der Waals surface area contributed by atoms with Crippen molar-refractivity contribution in [3.63, 3.8) is 0 Å². The van der Waals surface area contributed by atoms with Gasteiger partial charge < -0.3 is 0 Å². The van der Waals surface area contributed by atoms with Crippen molar-refractivity contribution in [1.29, 1.82) is 0 Å². The largest absolute Gasteiger partial charge is 0.294 e. The van der Waals surface area contributed by atoms with Crippen LogP contribution >= 0.6 is 11.8 Å². The van der Waals surface area contributed by atoms with Crippen LogP contribution in [0.1, 0.15) is 12.1 Å². The van der Waals surface area contributed by atoms with Crippen LogP contribution in [-0.4, -0.2) is 21.4 Å². The Morgan fingerprint density at radius 3 is 3.00 bits per heavy atom. The first-order valence-electron chi connectivity index (χ1n) is 4.26. The molecule has 0 fully saturated rings. The first-order chi connectivity index (χ1) is 6.63. The zero-order valence-electron chi connectivity index (χ0n) is 8.28. The van der Waals surface area contributed by atoms with Gasteiger partial charge in [0.15, 0.2) is 0 Å². The molecule has 1 rings (SSSR count). The number of carbonyl (C=O) groups excluding carboxylic acids is 1. The van der Waals surface area contributed by atoms with E-state index in [2.05, 4.69) is 10.5 Å². The van der Waals surface area contributed by atoms with Crippen LogP contribution in [0.25, 0.3) is 0 Å². The second-order valence-corrected chi connectivity index (χ2v) is 4.03. The number of rotatable bonds is 4. The minimum absolute atomic E-state index is 0.142. The maximum Gasteiger partial charge on any atom is 0.234 e. The summed E-state index contributed by atoms with van der Waals surface area (Å²) in [6, 6.07) is 1.99. The number of carbonyl (C=O) groups is 1. The van der Waals surface area contributed by atoms with Crippen LogP contribution in [0, 0.1) is 6.92 Å². The molecule has 6 heteroatoms. The number of nitrogens with one attached hydrogen (secondary N) is 1. The smallest absolute Gasteiger partial charge is 0.234 e. The minimum atomic E-state index is -0.142. The first-order valence-corrected chi connectivity index (χ1v) is 5.25. The quantitative estimate of drug-likeness (QED) is 0.325. The average Bonchev–Trinajstić information content (AvgIpc) is 2.45. The van der Waals surface area contributed by atoms with E-state index in [0.29, 0.717) is 12.2 Å². The fraction of sp³-hybridized carbons (Fsp3) is 0.500. The van der Waals surface area contributed by atoms with E-state index in [1.165, 1.54) is 0 Å². The standard InChI is InChI=1S/C8H14N4OS/c1-6-5-8(12(2)11-6)14-4-3-7(13)10-9/h5H,3-4,9H2,1-2H3,(H,10,13). The molecular formula is C8H14N4OS. The van der Waals surface area contributed by atoms with Crippen molar-refractivity contribution in [2.45, 2.75) is 18.4 Å². The van der Waals surface area contributed by atoms with E-state index < -0.39 is 0 Å². The predicted molar refractivity (Wildman–Crippen MR) is 55.6 cm³/mol. The summed E-state index contributed by atoms with van der Waals surface area (Å²) in [5, 5.41) is 5.26. The molecule has 78 valence electrons. The van der Waals surface area contributed by atoms with Crippen LogP contribution < -0.4 is 11.3 Å².